The van der Waals surface area contributed by atoms with Crippen molar-refractivity contribution in [2.45, 2.75) is 44.9 Å². The molecule has 2 aromatic rings. The first-order chi connectivity index (χ1) is 16.4. The van der Waals surface area contributed by atoms with Crippen molar-refractivity contribution in [2.75, 3.05) is 20.2 Å². The van der Waals surface area contributed by atoms with Gasteiger partial charge in [-0.1, -0.05) is 43.8 Å². The van der Waals surface area contributed by atoms with Crippen LogP contribution in [-0.2, 0) is 11.8 Å². The van der Waals surface area contributed by atoms with Crippen molar-refractivity contribution < 1.29 is 14.7 Å². The van der Waals surface area contributed by atoms with Crippen molar-refractivity contribution in [2.24, 2.45) is 4.99 Å². The van der Waals surface area contributed by atoms with Crippen LogP contribution in [0.4, 0.5) is 0 Å². The van der Waals surface area contributed by atoms with Crippen LogP contribution >= 0.6 is 0 Å². The summed E-state index contributed by atoms with van der Waals surface area (Å²) in [4.78, 5) is 30.2. The first-order valence-corrected chi connectivity index (χ1v) is 11.8. The number of hydrogen-bond acceptors (Lipinski definition) is 4. The molecule has 1 aliphatic rings. The molecule has 0 aliphatic heterocycles. The fourth-order valence-electron chi connectivity index (χ4n) is 4.36. The highest BCUT2D eigenvalue weighted by molar-refractivity contribution is 5.95. The zero-order valence-electron chi connectivity index (χ0n) is 20.4. The number of aliphatic imine (C=N–C) groups is 1. The molecule has 1 N–H and O–H groups in total. The summed E-state index contributed by atoms with van der Waals surface area (Å²) in [7, 11) is 1.70. The lowest BCUT2D eigenvalue weighted by atomic mass is 9.86. The van der Waals surface area contributed by atoms with Gasteiger partial charge in [-0.3, -0.25) is 14.6 Å². The molecule has 0 bridgehead atoms. The van der Waals surface area contributed by atoms with E-state index in [0.29, 0.717) is 24.1 Å². The van der Waals surface area contributed by atoms with E-state index in [9.17, 15) is 14.7 Å². The lowest BCUT2D eigenvalue weighted by molar-refractivity contribution is 0.0766. The van der Waals surface area contributed by atoms with Crippen LogP contribution in [0.2, 0.25) is 0 Å². The average Bonchev–Trinajstić information content (AvgIpc) is 3.65. The number of likely N-dealkylation sites (N-methyl/N-ethyl adjacent to an activating group) is 1. The molecule has 1 amide bonds. The summed E-state index contributed by atoms with van der Waals surface area (Å²) in [6.45, 7) is 8.34. The maximum Gasteiger partial charge on any atom is 0.253 e. The van der Waals surface area contributed by atoms with E-state index in [2.05, 4.69) is 19.6 Å². The summed E-state index contributed by atoms with van der Waals surface area (Å²) in [5, 5.41) is 9.19. The average molecular weight is 459 g/mol. The maximum atomic E-state index is 12.8. The standard InChI is InChI=1S/C29H34N2O3/c1-5-23(24-9-7-8-22(17-24)20-33)19-30-21(3)16-26-18-25(28(34)31(4)14-15-32)10-11-27(26)29(6-2)12-13-29/h5,7-11,17-20,32H,1,6,12-16H2,2-4H3/b23-19+,30-21+. The Morgan fingerprint density at radius 2 is 1.97 bits per heavy atom. The van der Waals surface area contributed by atoms with E-state index in [4.69, 9.17) is 4.99 Å². The van der Waals surface area contributed by atoms with Gasteiger partial charge in [-0.2, -0.15) is 0 Å². The van der Waals surface area contributed by atoms with Crippen LogP contribution in [0.15, 0.2) is 66.3 Å². The largest absolute Gasteiger partial charge is 0.395 e. The van der Waals surface area contributed by atoms with Crippen LogP contribution in [0.3, 0.4) is 0 Å². The molecule has 0 spiro atoms. The van der Waals surface area contributed by atoms with Gasteiger partial charge in [-0.05, 0) is 72.1 Å². The molecular weight excluding hydrogens is 424 g/mol. The third-order valence-corrected chi connectivity index (χ3v) is 6.68. The van der Waals surface area contributed by atoms with Crippen LogP contribution in [0, 0.1) is 0 Å². The highest BCUT2D eigenvalue weighted by Crippen LogP contribution is 2.52. The minimum Gasteiger partial charge on any atom is -0.395 e. The Balaban J connectivity index is 1.92. The minimum atomic E-state index is -0.0957. The van der Waals surface area contributed by atoms with E-state index >= 15 is 0 Å². The zero-order valence-corrected chi connectivity index (χ0v) is 20.4. The number of carbonyl (C=O) groups excluding carboxylic acids is 2. The summed E-state index contributed by atoms with van der Waals surface area (Å²) in [6.07, 6.45) is 8.38. The summed E-state index contributed by atoms with van der Waals surface area (Å²) < 4.78 is 0. The monoisotopic (exact) mass is 458 g/mol. The second kappa shape index (κ2) is 11.2. The molecule has 0 atom stereocenters. The Labute approximate surface area is 202 Å². The van der Waals surface area contributed by atoms with Crippen LogP contribution in [0.1, 0.15) is 70.5 Å². The summed E-state index contributed by atoms with van der Waals surface area (Å²) in [5.41, 5.74) is 6.51. The molecule has 1 aliphatic carbocycles. The van der Waals surface area contributed by atoms with E-state index in [1.54, 1.807) is 30.3 Å². The van der Waals surface area contributed by atoms with Crippen molar-refractivity contribution >= 4 is 23.5 Å². The first kappa shape index (κ1) is 25.3. The third-order valence-electron chi connectivity index (χ3n) is 6.68. The second-order valence-electron chi connectivity index (χ2n) is 9.03. The van der Waals surface area contributed by atoms with Crippen LogP contribution in [0.5, 0.6) is 0 Å². The van der Waals surface area contributed by atoms with Crippen molar-refractivity contribution in [3.63, 3.8) is 0 Å². The zero-order chi connectivity index (χ0) is 24.7. The van der Waals surface area contributed by atoms with Gasteiger partial charge in [-0.15, -0.1) is 0 Å². The molecule has 5 nitrogen and oxygen atoms in total. The highest BCUT2D eigenvalue weighted by atomic mass is 16.3. The molecule has 0 saturated heterocycles. The van der Waals surface area contributed by atoms with Gasteiger partial charge < -0.3 is 10.0 Å². The molecule has 1 fully saturated rings. The lowest BCUT2D eigenvalue weighted by Crippen LogP contribution is -2.29. The fraction of sp³-hybridized carbons (Fsp3) is 0.345. The Morgan fingerprint density at radius 3 is 2.59 bits per heavy atom. The van der Waals surface area contributed by atoms with Crippen molar-refractivity contribution in [1.82, 2.24) is 4.90 Å². The number of aliphatic hydroxyl groups excluding tert-OH is 1. The molecule has 0 aromatic heterocycles. The van der Waals surface area contributed by atoms with Gasteiger partial charge >= 0.3 is 0 Å². The van der Waals surface area contributed by atoms with Crippen LogP contribution < -0.4 is 0 Å². The van der Waals surface area contributed by atoms with Crippen LogP contribution in [-0.4, -0.2) is 48.1 Å². The Kier molecular flexibility index (Phi) is 8.35. The van der Waals surface area contributed by atoms with Gasteiger partial charge in [0.05, 0.1) is 6.61 Å². The van der Waals surface area contributed by atoms with Gasteiger partial charge in [0.25, 0.3) is 5.91 Å². The molecule has 5 heteroatoms. The number of aliphatic hydroxyl groups is 1. The first-order valence-electron chi connectivity index (χ1n) is 11.8. The molecule has 1 saturated carbocycles. The molecule has 0 heterocycles. The predicted molar refractivity (Wildman–Crippen MR) is 139 cm³/mol. The minimum absolute atomic E-state index is 0.0639. The third kappa shape index (κ3) is 5.78. The molecule has 3 rings (SSSR count). The lowest BCUT2D eigenvalue weighted by Gasteiger charge is -2.21. The molecule has 2 aromatic carbocycles. The SMILES string of the molecule is C=C/C(=C\N=C(/C)Cc1cc(C(=O)N(C)CCO)ccc1C1(CC)CC1)c1cccc(C=O)c1. The molecule has 34 heavy (non-hydrogen) atoms. The van der Waals surface area contributed by atoms with Crippen molar-refractivity contribution in [3.05, 3.63) is 89.1 Å². The molecule has 0 unspecified atom stereocenters. The molecule has 178 valence electrons. The number of hydrogen-bond donors (Lipinski definition) is 1. The molecular formula is C29H34N2O3. The number of nitrogens with zero attached hydrogens (tertiary/aromatic N) is 2. The quantitative estimate of drug-likeness (QED) is 0.285. The summed E-state index contributed by atoms with van der Waals surface area (Å²) >= 11 is 0. The predicted octanol–water partition coefficient (Wildman–Crippen LogP) is 5.24. The van der Waals surface area contributed by atoms with E-state index < -0.39 is 0 Å². The second-order valence-corrected chi connectivity index (χ2v) is 9.03. The van der Waals surface area contributed by atoms with Gasteiger partial charge in [0.2, 0.25) is 0 Å². The van der Waals surface area contributed by atoms with Gasteiger partial charge in [0.1, 0.15) is 6.29 Å². The smallest absolute Gasteiger partial charge is 0.253 e. The maximum absolute atomic E-state index is 12.8. The van der Waals surface area contributed by atoms with Gasteiger partial charge in [0.15, 0.2) is 0 Å². The summed E-state index contributed by atoms with van der Waals surface area (Å²) in [6, 6.07) is 13.4. The van der Waals surface area contributed by atoms with Crippen LogP contribution in [0.25, 0.3) is 5.57 Å². The topological polar surface area (TPSA) is 70.0 Å². The van der Waals surface area contributed by atoms with E-state index in [-0.39, 0.29) is 17.9 Å². The van der Waals surface area contributed by atoms with Gasteiger partial charge in [-0.25, -0.2) is 0 Å². The normalized spacial score (nSPS) is 15.1. The number of carbonyl (C=O) groups is 2. The summed E-state index contributed by atoms with van der Waals surface area (Å²) in [5.74, 6) is -0.0957. The molecule has 0 radical (unpaired) electrons. The number of amides is 1. The number of rotatable bonds is 11. The van der Waals surface area contributed by atoms with E-state index in [1.165, 1.54) is 5.56 Å². The number of allylic oxidation sites excluding steroid dienone is 2. The number of aldehydes is 1. The van der Waals surface area contributed by atoms with Crippen molar-refractivity contribution in [3.8, 4) is 0 Å². The fourth-order valence-corrected chi connectivity index (χ4v) is 4.36. The Hall–Kier alpha value is -3.31. The van der Waals surface area contributed by atoms with E-state index in [1.807, 2.05) is 37.3 Å². The number of benzene rings is 2. The Bertz CT molecular complexity index is 1130. The highest BCUT2D eigenvalue weighted by Gasteiger charge is 2.43. The Morgan fingerprint density at radius 1 is 1.21 bits per heavy atom. The van der Waals surface area contributed by atoms with E-state index in [0.717, 1.165) is 48.0 Å². The van der Waals surface area contributed by atoms with Crippen molar-refractivity contribution in [1.29, 1.82) is 0 Å². The van der Waals surface area contributed by atoms with Gasteiger partial charge in [0, 0.05) is 43.1 Å².